The minimum Gasteiger partial charge on any atom is -0.465 e. The van der Waals surface area contributed by atoms with Crippen LogP contribution in [-0.2, 0) is 14.8 Å². The number of rotatable bonds is 4. The smallest absolute Gasteiger partial charge is 0.350 e. The number of sulfonamides is 1. The van der Waals surface area contributed by atoms with Crippen LogP contribution in [0, 0.1) is 0 Å². The fourth-order valence-corrected chi connectivity index (χ4v) is 3.04. The van der Waals surface area contributed by atoms with Gasteiger partial charge >= 0.3 is 5.97 Å². The minimum absolute atomic E-state index is 0.0792. The Morgan fingerprint density at radius 3 is 2.94 bits per heavy atom. The van der Waals surface area contributed by atoms with Gasteiger partial charge in [-0.2, -0.15) is 8.42 Å². The predicted molar refractivity (Wildman–Crippen MR) is 65.1 cm³/mol. The highest BCUT2D eigenvalue weighted by atomic mass is 32.2. The second kappa shape index (κ2) is 4.78. The highest BCUT2D eigenvalue weighted by Crippen LogP contribution is 2.25. The molecule has 7 nitrogen and oxygen atoms in total. The maximum Gasteiger partial charge on any atom is 0.350 e. The van der Waals surface area contributed by atoms with Crippen LogP contribution in [0.1, 0.15) is 9.67 Å². The first kappa shape index (κ1) is 12.6. The fraction of sp³-hybridized carbons (Fsp3) is 0.111. The lowest BCUT2D eigenvalue weighted by atomic mass is 10.4. The highest BCUT2D eigenvalue weighted by Gasteiger charge is 2.21. The van der Waals surface area contributed by atoms with Crippen LogP contribution in [0.25, 0.3) is 0 Å². The van der Waals surface area contributed by atoms with Gasteiger partial charge in [0.25, 0.3) is 10.0 Å². The van der Waals surface area contributed by atoms with Crippen LogP contribution >= 0.6 is 11.3 Å². The zero-order chi connectivity index (χ0) is 13.2. The Hall–Kier alpha value is -1.87. The Balaban J connectivity index is 2.31. The van der Waals surface area contributed by atoms with Gasteiger partial charge in [-0.15, -0.1) is 11.3 Å². The van der Waals surface area contributed by atoms with Gasteiger partial charge in [0.05, 0.1) is 25.3 Å². The number of thiophene rings is 1. The molecule has 2 aromatic heterocycles. The van der Waals surface area contributed by atoms with Crippen LogP contribution in [0.4, 0.5) is 5.69 Å². The van der Waals surface area contributed by atoms with Gasteiger partial charge in [-0.1, -0.05) is 0 Å². The molecule has 0 atom stereocenters. The van der Waals surface area contributed by atoms with E-state index in [4.69, 9.17) is 0 Å². The van der Waals surface area contributed by atoms with Crippen LogP contribution in [0.5, 0.6) is 0 Å². The average Bonchev–Trinajstić information content (AvgIpc) is 2.97. The van der Waals surface area contributed by atoms with Crippen molar-refractivity contribution in [1.29, 1.82) is 0 Å². The van der Waals surface area contributed by atoms with E-state index in [1.165, 1.54) is 25.7 Å². The molecule has 0 aliphatic rings. The zero-order valence-corrected chi connectivity index (χ0v) is 10.8. The molecule has 96 valence electrons. The standard InChI is InChI=1S/C9H9N3O4S2/c1-16-9(13)8-6(2-3-17-8)12-18(14,15)7-4-10-5-11-7/h2-5,12H,1H3,(H,10,11). The molecule has 2 aromatic rings. The van der Waals surface area contributed by atoms with Crippen molar-refractivity contribution < 1.29 is 17.9 Å². The molecule has 0 bridgehead atoms. The molecule has 0 saturated heterocycles. The van der Waals surface area contributed by atoms with Gasteiger partial charge in [-0.3, -0.25) is 4.72 Å². The lowest BCUT2D eigenvalue weighted by Gasteiger charge is -2.05. The van der Waals surface area contributed by atoms with Crippen LogP contribution in [0.3, 0.4) is 0 Å². The van der Waals surface area contributed by atoms with Crippen molar-refractivity contribution in [3.63, 3.8) is 0 Å². The third-order valence-electron chi connectivity index (χ3n) is 2.04. The van der Waals surface area contributed by atoms with E-state index in [9.17, 15) is 13.2 Å². The fourth-order valence-electron chi connectivity index (χ4n) is 1.23. The SMILES string of the molecule is COC(=O)c1sccc1NS(=O)(=O)c1cnc[nH]1. The number of nitrogens with one attached hydrogen (secondary N) is 2. The second-order valence-corrected chi connectivity index (χ2v) is 5.74. The van der Waals surface area contributed by atoms with Crippen LogP contribution in [0.15, 0.2) is 29.0 Å². The summed E-state index contributed by atoms with van der Waals surface area (Å²) >= 11 is 1.09. The first-order valence-corrected chi connectivity index (χ1v) is 7.08. The molecule has 0 aliphatic heterocycles. The number of hydrogen-bond donors (Lipinski definition) is 2. The van der Waals surface area contributed by atoms with Gasteiger partial charge in [0.15, 0.2) is 5.03 Å². The Labute approximate surface area is 107 Å². The van der Waals surface area contributed by atoms with E-state index in [1.54, 1.807) is 5.38 Å². The van der Waals surface area contributed by atoms with Crippen LogP contribution in [0.2, 0.25) is 0 Å². The Morgan fingerprint density at radius 1 is 1.56 bits per heavy atom. The zero-order valence-electron chi connectivity index (χ0n) is 9.21. The molecular weight excluding hydrogens is 278 g/mol. The summed E-state index contributed by atoms with van der Waals surface area (Å²) in [6.07, 6.45) is 2.43. The molecule has 0 aliphatic carbocycles. The highest BCUT2D eigenvalue weighted by molar-refractivity contribution is 7.92. The number of aromatic amines is 1. The van der Waals surface area contributed by atoms with Crippen molar-refractivity contribution in [1.82, 2.24) is 9.97 Å². The van der Waals surface area contributed by atoms with E-state index >= 15 is 0 Å². The quantitative estimate of drug-likeness (QED) is 0.819. The summed E-state index contributed by atoms with van der Waals surface area (Å²) in [5.41, 5.74) is 0.182. The lowest BCUT2D eigenvalue weighted by molar-refractivity contribution is 0.0607. The maximum absolute atomic E-state index is 11.9. The molecule has 9 heteroatoms. The maximum atomic E-state index is 11.9. The number of methoxy groups -OCH3 is 1. The van der Waals surface area contributed by atoms with Crippen molar-refractivity contribution in [2.75, 3.05) is 11.8 Å². The number of ether oxygens (including phenoxy) is 1. The van der Waals surface area contributed by atoms with E-state index in [2.05, 4.69) is 19.4 Å². The Bertz CT molecular complexity index is 645. The van der Waals surface area contributed by atoms with Gasteiger partial charge in [-0.25, -0.2) is 9.78 Å². The van der Waals surface area contributed by atoms with Crippen molar-refractivity contribution in [3.8, 4) is 0 Å². The number of imidazole rings is 1. The molecule has 2 rings (SSSR count). The number of H-pyrrole nitrogens is 1. The van der Waals surface area contributed by atoms with Crippen LogP contribution in [-0.4, -0.2) is 31.5 Å². The summed E-state index contributed by atoms with van der Waals surface area (Å²) in [5, 5.41) is 1.52. The molecular formula is C9H9N3O4S2. The van der Waals surface area contributed by atoms with Crippen molar-refractivity contribution in [2.24, 2.45) is 0 Å². The van der Waals surface area contributed by atoms with Crippen molar-refractivity contribution in [3.05, 3.63) is 28.8 Å². The number of aromatic nitrogens is 2. The minimum atomic E-state index is -3.77. The summed E-state index contributed by atoms with van der Waals surface area (Å²) < 4.78 is 30.6. The van der Waals surface area contributed by atoms with E-state index in [0.29, 0.717) is 0 Å². The van der Waals surface area contributed by atoms with Gasteiger partial charge in [-0.05, 0) is 11.4 Å². The van der Waals surface area contributed by atoms with Crippen LogP contribution < -0.4 is 4.72 Å². The van der Waals surface area contributed by atoms with Gasteiger partial charge < -0.3 is 9.72 Å². The van der Waals surface area contributed by atoms with E-state index in [1.807, 2.05) is 0 Å². The predicted octanol–water partition coefficient (Wildman–Crippen LogP) is 1.06. The summed E-state index contributed by atoms with van der Waals surface area (Å²) in [6.45, 7) is 0. The molecule has 0 spiro atoms. The second-order valence-electron chi connectivity index (χ2n) is 3.18. The van der Waals surface area contributed by atoms with Gasteiger partial charge in [0.2, 0.25) is 0 Å². The molecule has 2 N–H and O–H groups in total. The number of anilines is 1. The van der Waals surface area contributed by atoms with Gasteiger partial charge in [0.1, 0.15) is 4.88 Å². The number of nitrogens with zero attached hydrogens (tertiary/aromatic N) is 1. The summed E-state index contributed by atoms with van der Waals surface area (Å²) in [5.74, 6) is -0.590. The Morgan fingerprint density at radius 2 is 2.33 bits per heavy atom. The lowest BCUT2D eigenvalue weighted by Crippen LogP contribution is -2.15. The topological polar surface area (TPSA) is 101 Å². The first-order chi connectivity index (χ1) is 8.54. The monoisotopic (exact) mass is 287 g/mol. The number of carbonyl (C=O) groups is 1. The molecule has 0 radical (unpaired) electrons. The molecule has 2 heterocycles. The normalized spacial score (nSPS) is 11.2. The van der Waals surface area contributed by atoms with E-state index in [-0.39, 0.29) is 15.6 Å². The molecule has 0 aromatic carbocycles. The van der Waals surface area contributed by atoms with Crippen molar-refractivity contribution >= 4 is 33.0 Å². The van der Waals surface area contributed by atoms with Crippen molar-refractivity contribution in [2.45, 2.75) is 5.03 Å². The summed E-state index contributed by atoms with van der Waals surface area (Å²) in [4.78, 5) is 17.7. The first-order valence-electron chi connectivity index (χ1n) is 4.71. The largest absolute Gasteiger partial charge is 0.465 e. The summed E-state index contributed by atoms with van der Waals surface area (Å²) in [7, 11) is -2.54. The van der Waals surface area contributed by atoms with E-state index in [0.717, 1.165) is 11.3 Å². The number of hydrogen-bond acceptors (Lipinski definition) is 6. The third kappa shape index (κ3) is 2.36. The molecule has 0 amide bonds. The molecule has 18 heavy (non-hydrogen) atoms. The molecule has 0 unspecified atom stereocenters. The number of carbonyl (C=O) groups excluding carboxylic acids is 1. The van der Waals surface area contributed by atoms with E-state index < -0.39 is 16.0 Å². The summed E-state index contributed by atoms with van der Waals surface area (Å²) in [6, 6.07) is 1.49. The van der Waals surface area contributed by atoms with Gasteiger partial charge in [0, 0.05) is 0 Å². The average molecular weight is 287 g/mol. The third-order valence-corrected chi connectivity index (χ3v) is 4.23. The Kier molecular flexibility index (Phi) is 3.34. The number of esters is 1. The molecule has 0 saturated carbocycles. The molecule has 0 fully saturated rings.